The Morgan fingerprint density at radius 1 is 1.30 bits per heavy atom. The van der Waals surface area contributed by atoms with E-state index in [0.717, 1.165) is 25.8 Å². The summed E-state index contributed by atoms with van der Waals surface area (Å²) in [6, 6.07) is 0. The lowest BCUT2D eigenvalue weighted by atomic mass is 9.94. The second kappa shape index (κ2) is 7.38. The molecule has 1 rings (SSSR count). The average Bonchev–Trinajstić information content (AvgIpc) is 3.26. The van der Waals surface area contributed by atoms with Gasteiger partial charge in [0.25, 0.3) is 0 Å². The second-order valence-corrected chi connectivity index (χ2v) is 6.03. The quantitative estimate of drug-likeness (QED) is 0.490. The summed E-state index contributed by atoms with van der Waals surface area (Å²) in [5.74, 6) is 0.109. The molecule has 0 aromatic heterocycles. The van der Waals surface area contributed by atoms with Crippen molar-refractivity contribution < 1.29 is 19.0 Å². The molecule has 0 heterocycles. The van der Waals surface area contributed by atoms with E-state index in [4.69, 9.17) is 14.2 Å². The monoisotopic (exact) mass is 287 g/mol. The molecule has 1 saturated carbocycles. The second-order valence-electron chi connectivity index (χ2n) is 6.03. The number of rotatable bonds is 10. The van der Waals surface area contributed by atoms with Gasteiger partial charge < -0.3 is 14.2 Å². The lowest BCUT2D eigenvalue weighted by Crippen LogP contribution is -2.58. The van der Waals surface area contributed by atoms with Crippen LogP contribution in [-0.4, -0.2) is 51.1 Å². The molecule has 1 N–H and O–H groups in total. The molecule has 20 heavy (non-hydrogen) atoms. The Hall–Kier alpha value is -0.650. The molecule has 0 aromatic rings. The minimum atomic E-state index is -0.680. The molecule has 1 aliphatic carbocycles. The van der Waals surface area contributed by atoms with Gasteiger partial charge in [0.2, 0.25) is 0 Å². The largest absolute Gasteiger partial charge is 0.468 e. The molecule has 0 saturated heterocycles. The van der Waals surface area contributed by atoms with Gasteiger partial charge in [-0.15, -0.1) is 0 Å². The minimum Gasteiger partial charge on any atom is -0.468 e. The fourth-order valence-corrected chi connectivity index (χ4v) is 2.34. The highest BCUT2D eigenvalue weighted by Crippen LogP contribution is 2.40. The van der Waals surface area contributed by atoms with Gasteiger partial charge in [0, 0.05) is 13.7 Å². The number of carbonyl (C=O) groups excluding carboxylic acids is 1. The summed E-state index contributed by atoms with van der Waals surface area (Å²) in [5, 5.41) is 3.29. The first-order chi connectivity index (χ1) is 9.41. The third-order valence-corrected chi connectivity index (χ3v) is 4.05. The Balaban J connectivity index is 2.55. The lowest BCUT2D eigenvalue weighted by molar-refractivity contribution is -0.153. The Bertz CT molecular complexity index is 315. The third-order valence-electron chi connectivity index (χ3n) is 4.05. The number of ether oxygens (including phenoxy) is 3. The van der Waals surface area contributed by atoms with Crippen LogP contribution in [0.4, 0.5) is 0 Å². The zero-order chi connectivity index (χ0) is 15.2. The summed E-state index contributed by atoms with van der Waals surface area (Å²) in [4.78, 5) is 12.2. The number of hydrogen-bond donors (Lipinski definition) is 1. The van der Waals surface area contributed by atoms with Crippen molar-refractivity contribution in [1.82, 2.24) is 5.32 Å². The summed E-state index contributed by atoms with van der Waals surface area (Å²) >= 11 is 0. The molecule has 1 aliphatic rings. The van der Waals surface area contributed by atoms with Gasteiger partial charge in [0.1, 0.15) is 5.54 Å². The van der Waals surface area contributed by atoms with Crippen LogP contribution in [0.1, 0.15) is 40.0 Å². The van der Waals surface area contributed by atoms with Crippen molar-refractivity contribution in [2.45, 2.75) is 51.2 Å². The smallest absolute Gasteiger partial charge is 0.328 e. The molecule has 1 unspecified atom stereocenters. The fourth-order valence-electron chi connectivity index (χ4n) is 2.34. The van der Waals surface area contributed by atoms with Gasteiger partial charge in [-0.3, -0.25) is 5.32 Å². The van der Waals surface area contributed by atoms with E-state index in [1.807, 2.05) is 20.8 Å². The maximum absolute atomic E-state index is 12.2. The van der Waals surface area contributed by atoms with Crippen LogP contribution >= 0.6 is 0 Å². The molecular formula is C15H29NO4. The minimum absolute atomic E-state index is 0.203. The van der Waals surface area contributed by atoms with Gasteiger partial charge in [-0.1, -0.05) is 6.92 Å². The van der Waals surface area contributed by atoms with Crippen LogP contribution in [0.3, 0.4) is 0 Å². The molecule has 0 spiro atoms. The van der Waals surface area contributed by atoms with Crippen molar-refractivity contribution in [1.29, 1.82) is 0 Å². The first-order valence-electron chi connectivity index (χ1n) is 7.38. The van der Waals surface area contributed by atoms with Crippen molar-refractivity contribution in [2.24, 2.45) is 5.92 Å². The Kier molecular flexibility index (Phi) is 6.43. The van der Waals surface area contributed by atoms with Crippen molar-refractivity contribution in [3.05, 3.63) is 0 Å². The summed E-state index contributed by atoms with van der Waals surface area (Å²) in [5.41, 5.74) is -0.883. The number of carbonyl (C=O) groups is 1. The van der Waals surface area contributed by atoms with Crippen molar-refractivity contribution in [2.75, 3.05) is 34.0 Å². The predicted octanol–water partition coefficient (Wildman–Crippen LogP) is 1.75. The van der Waals surface area contributed by atoms with E-state index in [9.17, 15) is 4.79 Å². The van der Waals surface area contributed by atoms with Crippen LogP contribution in [0, 0.1) is 5.92 Å². The lowest BCUT2D eigenvalue weighted by Gasteiger charge is -2.32. The maximum atomic E-state index is 12.2. The van der Waals surface area contributed by atoms with Crippen LogP contribution < -0.4 is 5.32 Å². The molecule has 0 bridgehead atoms. The molecule has 0 radical (unpaired) electrons. The van der Waals surface area contributed by atoms with Gasteiger partial charge in [0.15, 0.2) is 0 Å². The summed E-state index contributed by atoms with van der Waals surface area (Å²) in [6.45, 7) is 7.69. The zero-order valence-corrected chi connectivity index (χ0v) is 13.5. The van der Waals surface area contributed by atoms with E-state index in [-0.39, 0.29) is 11.6 Å². The molecular weight excluding hydrogens is 258 g/mol. The van der Waals surface area contributed by atoms with Gasteiger partial charge in [-0.25, -0.2) is 4.79 Å². The van der Waals surface area contributed by atoms with Crippen LogP contribution in [0.2, 0.25) is 0 Å². The highest BCUT2D eigenvalue weighted by atomic mass is 16.5. The summed E-state index contributed by atoms with van der Waals surface area (Å²) in [7, 11) is 3.13. The SMILES string of the molecule is CCNC(COCCC(C)(C)OC)(C(=O)OC)C1CC1. The molecule has 1 fully saturated rings. The molecule has 0 aromatic carbocycles. The molecule has 118 valence electrons. The van der Waals surface area contributed by atoms with E-state index in [1.54, 1.807) is 7.11 Å². The van der Waals surface area contributed by atoms with Crippen molar-refractivity contribution >= 4 is 5.97 Å². The van der Waals surface area contributed by atoms with E-state index in [2.05, 4.69) is 5.32 Å². The third kappa shape index (κ3) is 4.43. The summed E-state index contributed by atoms with van der Waals surface area (Å²) < 4.78 is 16.1. The van der Waals surface area contributed by atoms with Crippen molar-refractivity contribution in [3.63, 3.8) is 0 Å². The number of likely N-dealkylation sites (N-methyl/N-ethyl adjacent to an activating group) is 1. The number of nitrogens with one attached hydrogen (secondary N) is 1. The normalized spacial score (nSPS) is 18.6. The van der Waals surface area contributed by atoms with E-state index in [1.165, 1.54) is 7.11 Å². The van der Waals surface area contributed by atoms with Crippen LogP contribution in [0.25, 0.3) is 0 Å². The number of methoxy groups -OCH3 is 2. The highest BCUT2D eigenvalue weighted by molar-refractivity contribution is 5.82. The number of esters is 1. The number of hydrogen-bond acceptors (Lipinski definition) is 5. The van der Waals surface area contributed by atoms with Crippen LogP contribution in [-0.2, 0) is 19.0 Å². The first kappa shape index (κ1) is 17.4. The first-order valence-corrected chi connectivity index (χ1v) is 7.38. The van der Waals surface area contributed by atoms with Gasteiger partial charge in [0.05, 0.1) is 19.3 Å². The zero-order valence-electron chi connectivity index (χ0n) is 13.5. The van der Waals surface area contributed by atoms with Crippen LogP contribution in [0.5, 0.6) is 0 Å². The topological polar surface area (TPSA) is 56.8 Å². The molecule has 5 nitrogen and oxygen atoms in total. The summed E-state index contributed by atoms with van der Waals surface area (Å²) in [6.07, 6.45) is 2.89. The average molecular weight is 287 g/mol. The maximum Gasteiger partial charge on any atom is 0.328 e. The molecule has 0 aliphatic heterocycles. The van der Waals surface area contributed by atoms with Gasteiger partial charge >= 0.3 is 5.97 Å². The van der Waals surface area contributed by atoms with Crippen LogP contribution in [0.15, 0.2) is 0 Å². The Morgan fingerprint density at radius 3 is 2.40 bits per heavy atom. The van der Waals surface area contributed by atoms with Gasteiger partial charge in [-0.2, -0.15) is 0 Å². The predicted molar refractivity (Wildman–Crippen MR) is 77.7 cm³/mol. The van der Waals surface area contributed by atoms with Gasteiger partial charge in [-0.05, 0) is 45.6 Å². The Morgan fingerprint density at radius 2 is 1.95 bits per heavy atom. The molecule has 1 atom stereocenters. The molecule has 5 heteroatoms. The fraction of sp³-hybridized carbons (Fsp3) is 0.933. The van der Waals surface area contributed by atoms with E-state index < -0.39 is 5.54 Å². The van der Waals surface area contributed by atoms with E-state index >= 15 is 0 Å². The molecule has 0 amide bonds. The standard InChI is InChI=1S/C15H29NO4/c1-6-16-15(12-7-8-12,13(17)18-4)11-20-10-9-14(2,3)19-5/h12,16H,6-11H2,1-5H3. The Labute approximate surface area is 122 Å². The van der Waals surface area contributed by atoms with E-state index in [0.29, 0.717) is 19.1 Å². The highest BCUT2D eigenvalue weighted by Gasteiger charge is 2.51. The van der Waals surface area contributed by atoms with Crippen molar-refractivity contribution in [3.8, 4) is 0 Å².